The molecule has 0 fully saturated rings. The molecular weight excluding hydrogens is 310 g/mol. The lowest BCUT2D eigenvalue weighted by atomic mass is 10.1. The summed E-state index contributed by atoms with van der Waals surface area (Å²) in [6.45, 7) is 0.815. The first-order valence-corrected chi connectivity index (χ1v) is 8.21. The summed E-state index contributed by atoms with van der Waals surface area (Å²) in [6.07, 6.45) is 3.76. The third-order valence-electron chi connectivity index (χ3n) is 3.71. The van der Waals surface area contributed by atoms with Crippen LogP contribution in [0.25, 0.3) is 0 Å². The van der Waals surface area contributed by atoms with Crippen LogP contribution in [-0.2, 0) is 6.42 Å². The molecule has 0 aliphatic heterocycles. The van der Waals surface area contributed by atoms with Crippen LogP contribution in [-0.4, -0.2) is 16.5 Å². The molecule has 5 nitrogen and oxygen atoms in total. The van der Waals surface area contributed by atoms with Crippen molar-refractivity contribution < 1.29 is 0 Å². The van der Waals surface area contributed by atoms with Crippen molar-refractivity contribution in [3.05, 3.63) is 78.0 Å². The van der Waals surface area contributed by atoms with Gasteiger partial charge in [-0.25, -0.2) is 4.98 Å². The number of nitriles is 1. The van der Waals surface area contributed by atoms with Crippen molar-refractivity contribution >= 4 is 17.5 Å². The molecule has 0 saturated heterocycles. The van der Waals surface area contributed by atoms with Gasteiger partial charge in [-0.15, -0.1) is 0 Å². The normalized spacial score (nSPS) is 10.0. The molecule has 2 aromatic carbocycles. The van der Waals surface area contributed by atoms with Crippen LogP contribution in [0.3, 0.4) is 0 Å². The summed E-state index contributed by atoms with van der Waals surface area (Å²) in [7, 11) is 0. The third-order valence-corrected chi connectivity index (χ3v) is 3.71. The highest BCUT2D eigenvalue weighted by atomic mass is 15.1. The summed E-state index contributed by atoms with van der Waals surface area (Å²) in [4.78, 5) is 8.70. The van der Waals surface area contributed by atoms with Crippen molar-refractivity contribution in [2.24, 2.45) is 0 Å². The van der Waals surface area contributed by atoms with E-state index in [1.165, 1.54) is 5.56 Å². The molecule has 3 aromatic rings. The van der Waals surface area contributed by atoms with E-state index in [2.05, 4.69) is 50.9 Å². The minimum atomic E-state index is 0.603. The fourth-order valence-electron chi connectivity index (χ4n) is 2.43. The lowest BCUT2D eigenvalue weighted by Gasteiger charge is -2.08. The number of aromatic nitrogens is 2. The van der Waals surface area contributed by atoms with Crippen LogP contribution in [0.15, 0.2) is 66.9 Å². The first-order chi connectivity index (χ1) is 12.3. The molecule has 5 heteroatoms. The van der Waals surface area contributed by atoms with Crippen LogP contribution >= 0.6 is 0 Å². The zero-order chi connectivity index (χ0) is 17.3. The number of aryl methyl sites for hydroxylation is 1. The molecule has 25 heavy (non-hydrogen) atoms. The molecule has 3 rings (SSSR count). The van der Waals surface area contributed by atoms with Crippen LogP contribution < -0.4 is 10.6 Å². The second-order valence-electron chi connectivity index (χ2n) is 5.60. The molecule has 1 aromatic heterocycles. The maximum atomic E-state index is 8.83. The average molecular weight is 329 g/mol. The predicted octanol–water partition coefficient (Wildman–Crippen LogP) is 4.14. The fourth-order valence-corrected chi connectivity index (χ4v) is 2.43. The van der Waals surface area contributed by atoms with Crippen LogP contribution in [0.5, 0.6) is 0 Å². The predicted molar refractivity (Wildman–Crippen MR) is 99.7 cm³/mol. The summed E-state index contributed by atoms with van der Waals surface area (Å²) >= 11 is 0. The van der Waals surface area contributed by atoms with Crippen molar-refractivity contribution in [1.82, 2.24) is 9.97 Å². The second kappa shape index (κ2) is 8.46. The smallest absolute Gasteiger partial charge is 0.224 e. The van der Waals surface area contributed by atoms with Gasteiger partial charge in [0.2, 0.25) is 5.95 Å². The molecule has 0 saturated carbocycles. The van der Waals surface area contributed by atoms with Gasteiger partial charge in [0.15, 0.2) is 0 Å². The Morgan fingerprint density at radius 1 is 0.960 bits per heavy atom. The van der Waals surface area contributed by atoms with Crippen molar-refractivity contribution in [2.45, 2.75) is 12.8 Å². The number of nitrogens with one attached hydrogen (secondary N) is 2. The Balaban J connectivity index is 1.51. The van der Waals surface area contributed by atoms with E-state index < -0.39 is 0 Å². The molecular formula is C20H19N5. The fraction of sp³-hybridized carbons (Fsp3) is 0.150. The van der Waals surface area contributed by atoms with Crippen LogP contribution in [0.4, 0.5) is 17.5 Å². The van der Waals surface area contributed by atoms with Crippen LogP contribution in [0.1, 0.15) is 17.5 Å². The highest BCUT2D eigenvalue weighted by Gasteiger charge is 2.00. The lowest BCUT2D eigenvalue weighted by Crippen LogP contribution is -2.07. The van der Waals surface area contributed by atoms with E-state index in [0.717, 1.165) is 25.1 Å². The number of nitrogens with zero attached hydrogens (tertiary/aromatic N) is 3. The van der Waals surface area contributed by atoms with E-state index in [0.29, 0.717) is 17.3 Å². The molecule has 0 radical (unpaired) electrons. The van der Waals surface area contributed by atoms with Gasteiger partial charge in [-0.05, 0) is 48.7 Å². The largest absolute Gasteiger partial charge is 0.354 e. The molecule has 1 heterocycles. The monoisotopic (exact) mass is 329 g/mol. The summed E-state index contributed by atoms with van der Waals surface area (Å²) in [5, 5.41) is 15.3. The van der Waals surface area contributed by atoms with E-state index in [-0.39, 0.29) is 0 Å². The van der Waals surface area contributed by atoms with E-state index >= 15 is 0 Å². The van der Waals surface area contributed by atoms with Crippen molar-refractivity contribution in [3.63, 3.8) is 0 Å². The quantitative estimate of drug-likeness (QED) is 0.637. The van der Waals surface area contributed by atoms with Crippen molar-refractivity contribution in [3.8, 4) is 6.07 Å². The van der Waals surface area contributed by atoms with Gasteiger partial charge >= 0.3 is 0 Å². The van der Waals surface area contributed by atoms with Crippen molar-refractivity contribution in [1.29, 1.82) is 5.26 Å². The number of rotatable bonds is 7. The molecule has 0 amide bonds. The Bertz CT molecular complexity index is 838. The SMILES string of the molecule is N#Cc1ccc(Nc2ccnc(NCCCc3ccccc3)n2)cc1. The Morgan fingerprint density at radius 3 is 2.52 bits per heavy atom. The first-order valence-electron chi connectivity index (χ1n) is 8.21. The van der Waals surface area contributed by atoms with Crippen molar-refractivity contribution in [2.75, 3.05) is 17.2 Å². The first kappa shape index (κ1) is 16.5. The lowest BCUT2D eigenvalue weighted by molar-refractivity contribution is 0.853. The summed E-state index contributed by atoms with van der Waals surface area (Å²) in [6, 6.07) is 21.6. The minimum Gasteiger partial charge on any atom is -0.354 e. The zero-order valence-corrected chi connectivity index (χ0v) is 13.8. The van der Waals surface area contributed by atoms with Gasteiger partial charge in [0.05, 0.1) is 11.6 Å². The van der Waals surface area contributed by atoms with E-state index in [1.807, 2.05) is 24.3 Å². The standard InChI is InChI=1S/C20H19N5/c21-15-17-8-10-18(11-9-17)24-19-12-14-23-20(25-19)22-13-4-7-16-5-2-1-3-6-16/h1-3,5-6,8-12,14H,4,7,13H2,(H2,22,23,24,25). The third kappa shape index (κ3) is 5.05. The number of benzene rings is 2. The Morgan fingerprint density at radius 2 is 1.76 bits per heavy atom. The highest BCUT2D eigenvalue weighted by Crippen LogP contribution is 2.15. The van der Waals surface area contributed by atoms with Gasteiger partial charge in [-0.2, -0.15) is 10.2 Å². The molecule has 0 unspecified atom stereocenters. The van der Waals surface area contributed by atoms with Gasteiger partial charge in [-0.3, -0.25) is 0 Å². The number of anilines is 3. The second-order valence-corrected chi connectivity index (χ2v) is 5.60. The molecule has 0 spiro atoms. The number of hydrogen-bond donors (Lipinski definition) is 2. The van der Waals surface area contributed by atoms with E-state index in [9.17, 15) is 0 Å². The molecule has 0 bridgehead atoms. The maximum Gasteiger partial charge on any atom is 0.224 e. The molecule has 124 valence electrons. The molecule has 2 N–H and O–H groups in total. The summed E-state index contributed by atoms with van der Waals surface area (Å²) in [5.74, 6) is 1.32. The average Bonchev–Trinajstić information content (AvgIpc) is 2.67. The van der Waals surface area contributed by atoms with Gasteiger partial charge in [0.25, 0.3) is 0 Å². The van der Waals surface area contributed by atoms with Gasteiger partial charge < -0.3 is 10.6 Å². The van der Waals surface area contributed by atoms with Gasteiger partial charge in [-0.1, -0.05) is 30.3 Å². The van der Waals surface area contributed by atoms with Crippen LogP contribution in [0, 0.1) is 11.3 Å². The maximum absolute atomic E-state index is 8.83. The Labute approximate surface area is 147 Å². The zero-order valence-electron chi connectivity index (χ0n) is 13.8. The van der Waals surface area contributed by atoms with Crippen LogP contribution in [0.2, 0.25) is 0 Å². The topological polar surface area (TPSA) is 73.6 Å². The highest BCUT2D eigenvalue weighted by molar-refractivity contribution is 5.57. The van der Waals surface area contributed by atoms with Gasteiger partial charge in [0, 0.05) is 18.4 Å². The summed E-state index contributed by atoms with van der Waals surface area (Å²) < 4.78 is 0. The Hall–Kier alpha value is -3.39. The van der Waals surface area contributed by atoms with E-state index in [4.69, 9.17) is 5.26 Å². The number of hydrogen-bond acceptors (Lipinski definition) is 5. The summed E-state index contributed by atoms with van der Waals surface area (Å²) in [5.41, 5.74) is 2.85. The Kier molecular flexibility index (Phi) is 5.57. The minimum absolute atomic E-state index is 0.603. The molecule has 0 atom stereocenters. The molecule has 0 aliphatic rings. The molecule has 0 aliphatic carbocycles. The van der Waals surface area contributed by atoms with Gasteiger partial charge in [0.1, 0.15) is 5.82 Å². The van der Waals surface area contributed by atoms with E-state index in [1.54, 1.807) is 18.3 Å².